The summed E-state index contributed by atoms with van der Waals surface area (Å²) in [7, 11) is 0. The fourth-order valence-electron chi connectivity index (χ4n) is 4.20. The molecule has 0 unspecified atom stereocenters. The topological polar surface area (TPSA) is 84.6 Å². The normalized spacial score (nSPS) is 17.8. The van der Waals surface area contributed by atoms with E-state index < -0.39 is 0 Å². The molecule has 1 aromatic heterocycles. The van der Waals surface area contributed by atoms with Crippen LogP contribution in [0, 0.1) is 0 Å². The molecule has 2 aromatic rings. The molecule has 1 saturated heterocycles. The van der Waals surface area contributed by atoms with E-state index in [9.17, 15) is 9.59 Å². The summed E-state index contributed by atoms with van der Waals surface area (Å²) in [4.78, 5) is 31.4. The molecule has 172 valence electrons. The SMILES string of the molecule is CCN(CC)C(=O)c1cccc(NC(=O)CN2CCN(c3cc(C4(C)CC4)[nH]n3)CC2)c1. The molecule has 1 aliphatic carbocycles. The highest BCUT2D eigenvalue weighted by atomic mass is 16.2. The molecule has 2 heterocycles. The lowest BCUT2D eigenvalue weighted by Gasteiger charge is -2.34. The lowest BCUT2D eigenvalue weighted by Crippen LogP contribution is -2.48. The number of carbonyl (C=O) groups is 2. The Balaban J connectivity index is 1.27. The molecule has 32 heavy (non-hydrogen) atoms. The third-order valence-electron chi connectivity index (χ3n) is 6.72. The molecule has 1 saturated carbocycles. The molecule has 4 rings (SSSR count). The van der Waals surface area contributed by atoms with Crippen LogP contribution in [0.3, 0.4) is 0 Å². The number of nitrogens with one attached hydrogen (secondary N) is 2. The van der Waals surface area contributed by atoms with E-state index in [2.05, 4.69) is 38.3 Å². The predicted octanol–water partition coefficient (Wildman–Crippen LogP) is 2.70. The van der Waals surface area contributed by atoms with Crippen LogP contribution >= 0.6 is 0 Å². The monoisotopic (exact) mass is 438 g/mol. The molecule has 0 radical (unpaired) electrons. The Kier molecular flexibility index (Phi) is 6.50. The molecular weight excluding hydrogens is 404 g/mol. The summed E-state index contributed by atoms with van der Waals surface area (Å²) >= 11 is 0. The third kappa shape index (κ3) is 4.96. The third-order valence-corrected chi connectivity index (χ3v) is 6.72. The van der Waals surface area contributed by atoms with E-state index in [1.54, 1.807) is 17.0 Å². The highest BCUT2D eigenvalue weighted by Crippen LogP contribution is 2.47. The van der Waals surface area contributed by atoms with Crippen molar-refractivity contribution in [3.05, 3.63) is 41.6 Å². The minimum absolute atomic E-state index is 0.0144. The Labute approximate surface area is 190 Å². The number of hydrogen-bond acceptors (Lipinski definition) is 5. The van der Waals surface area contributed by atoms with Crippen LogP contribution in [0.1, 0.15) is 49.7 Å². The van der Waals surface area contributed by atoms with Gasteiger partial charge in [-0.25, -0.2) is 0 Å². The molecule has 8 nitrogen and oxygen atoms in total. The number of H-pyrrole nitrogens is 1. The van der Waals surface area contributed by atoms with Gasteiger partial charge in [-0.3, -0.25) is 19.6 Å². The molecule has 2 N–H and O–H groups in total. The van der Waals surface area contributed by atoms with Gasteiger partial charge in [-0.05, 0) is 44.9 Å². The maximum atomic E-state index is 12.6. The molecule has 1 aromatic carbocycles. The maximum absolute atomic E-state index is 12.6. The van der Waals surface area contributed by atoms with Gasteiger partial charge in [-0.2, -0.15) is 5.10 Å². The molecule has 0 spiro atoms. The number of nitrogens with zero attached hydrogens (tertiary/aromatic N) is 4. The number of hydrogen-bond donors (Lipinski definition) is 2. The fraction of sp³-hybridized carbons (Fsp3) is 0.542. The van der Waals surface area contributed by atoms with Crippen molar-refractivity contribution in [1.82, 2.24) is 20.0 Å². The van der Waals surface area contributed by atoms with Crippen LogP contribution in [0.4, 0.5) is 11.5 Å². The highest BCUT2D eigenvalue weighted by molar-refractivity contribution is 5.97. The summed E-state index contributed by atoms with van der Waals surface area (Å²) in [6.45, 7) is 11.2. The highest BCUT2D eigenvalue weighted by Gasteiger charge is 2.41. The number of rotatable bonds is 8. The second-order valence-electron chi connectivity index (χ2n) is 9.07. The van der Waals surface area contributed by atoms with Crippen LogP contribution in [0.5, 0.6) is 0 Å². The average Bonchev–Trinajstić information content (AvgIpc) is 3.34. The Morgan fingerprint density at radius 3 is 2.50 bits per heavy atom. The van der Waals surface area contributed by atoms with Gasteiger partial charge in [0.2, 0.25) is 5.91 Å². The van der Waals surface area contributed by atoms with Gasteiger partial charge < -0.3 is 15.1 Å². The molecule has 2 aliphatic rings. The molecule has 0 bridgehead atoms. The van der Waals surface area contributed by atoms with E-state index in [1.165, 1.54) is 18.5 Å². The Bertz CT molecular complexity index is 955. The van der Waals surface area contributed by atoms with E-state index in [0.29, 0.717) is 36.3 Å². The first kappa shape index (κ1) is 22.3. The Hall–Kier alpha value is -2.87. The Morgan fingerprint density at radius 1 is 1.12 bits per heavy atom. The van der Waals surface area contributed by atoms with Crippen molar-refractivity contribution in [2.45, 2.75) is 39.0 Å². The minimum Gasteiger partial charge on any atom is -0.353 e. The molecule has 0 atom stereocenters. The van der Waals surface area contributed by atoms with E-state index >= 15 is 0 Å². The summed E-state index contributed by atoms with van der Waals surface area (Å²) in [6.07, 6.45) is 2.45. The smallest absolute Gasteiger partial charge is 0.253 e. The number of aromatic amines is 1. The van der Waals surface area contributed by atoms with Crippen molar-refractivity contribution in [2.24, 2.45) is 0 Å². The first-order chi connectivity index (χ1) is 15.4. The van der Waals surface area contributed by atoms with E-state index in [-0.39, 0.29) is 11.8 Å². The summed E-state index contributed by atoms with van der Waals surface area (Å²) in [5.41, 5.74) is 2.78. The second-order valence-corrected chi connectivity index (χ2v) is 9.07. The first-order valence-corrected chi connectivity index (χ1v) is 11.6. The minimum atomic E-state index is -0.0606. The van der Waals surface area contributed by atoms with Crippen LogP contribution in [0.15, 0.2) is 30.3 Å². The summed E-state index contributed by atoms with van der Waals surface area (Å²) in [5, 5.41) is 10.7. The first-order valence-electron chi connectivity index (χ1n) is 11.6. The molecule has 2 fully saturated rings. The van der Waals surface area contributed by atoms with Crippen molar-refractivity contribution < 1.29 is 9.59 Å². The van der Waals surface area contributed by atoms with Crippen molar-refractivity contribution in [2.75, 3.05) is 56.0 Å². The van der Waals surface area contributed by atoms with Gasteiger partial charge in [0.1, 0.15) is 0 Å². The molecule has 2 amide bonds. The maximum Gasteiger partial charge on any atom is 0.253 e. The van der Waals surface area contributed by atoms with E-state index in [4.69, 9.17) is 0 Å². The summed E-state index contributed by atoms with van der Waals surface area (Å²) < 4.78 is 0. The van der Waals surface area contributed by atoms with Crippen LogP contribution < -0.4 is 10.2 Å². The van der Waals surface area contributed by atoms with Gasteiger partial charge in [0.25, 0.3) is 5.91 Å². The number of benzene rings is 1. The van der Waals surface area contributed by atoms with Crippen LogP contribution in [-0.4, -0.2) is 77.6 Å². The lowest BCUT2D eigenvalue weighted by molar-refractivity contribution is -0.117. The fourth-order valence-corrected chi connectivity index (χ4v) is 4.20. The van der Waals surface area contributed by atoms with Crippen molar-refractivity contribution in [1.29, 1.82) is 0 Å². The quantitative estimate of drug-likeness (QED) is 0.662. The Morgan fingerprint density at radius 2 is 1.84 bits per heavy atom. The van der Waals surface area contributed by atoms with Gasteiger partial charge in [0, 0.05) is 67.7 Å². The zero-order chi connectivity index (χ0) is 22.7. The van der Waals surface area contributed by atoms with Gasteiger partial charge >= 0.3 is 0 Å². The van der Waals surface area contributed by atoms with Gasteiger partial charge in [-0.15, -0.1) is 0 Å². The predicted molar refractivity (Wildman–Crippen MR) is 126 cm³/mol. The summed E-state index contributed by atoms with van der Waals surface area (Å²) in [5.74, 6) is 0.931. The van der Waals surface area contributed by atoms with Crippen LogP contribution in [0.25, 0.3) is 0 Å². The molecule has 1 aliphatic heterocycles. The number of anilines is 2. The second kappa shape index (κ2) is 9.32. The van der Waals surface area contributed by atoms with E-state index in [1.807, 2.05) is 26.0 Å². The molecular formula is C24H34N6O2. The van der Waals surface area contributed by atoms with Gasteiger partial charge in [-0.1, -0.05) is 13.0 Å². The van der Waals surface area contributed by atoms with Gasteiger partial charge in [0.15, 0.2) is 5.82 Å². The number of carbonyl (C=O) groups excluding carboxylic acids is 2. The molecule has 8 heteroatoms. The lowest BCUT2D eigenvalue weighted by atomic mass is 10.1. The standard InChI is InChI=1S/C24H34N6O2/c1-4-29(5-2)23(32)18-7-6-8-19(15-18)25-22(31)17-28-11-13-30(14-12-28)21-16-20(26-27-21)24(3)9-10-24/h6-8,15-16H,4-5,9-14,17H2,1-3H3,(H,25,31)(H,26,27). The van der Waals surface area contributed by atoms with Crippen LogP contribution in [-0.2, 0) is 10.2 Å². The zero-order valence-electron chi connectivity index (χ0n) is 19.4. The van der Waals surface area contributed by atoms with Crippen LogP contribution in [0.2, 0.25) is 0 Å². The van der Waals surface area contributed by atoms with Gasteiger partial charge in [0.05, 0.1) is 6.54 Å². The van der Waals surface area contributed by atoms with E-state index in [0.717, 1.165) is 32.0 Å². The number of amides is 2. The van der Waals surface area contributed by atoms with Crippen molar-refractivity contribution >= 4 is 23.3 Å². The number of piperazine rings is 1. The average molecular weight is 439 g/mol. The zero-order valence-corrected chi connectivity index (χ0v) is 19.4. The van der Waals surface area contributed by atoms with Crippen molar-refractivity contribution in [3.8, 4) is 0 Å². The van der Waals surface area contributed by atoms with Crippen molar-refractivity contribution in [3.63, 3.8) is 0 Å². The summed E-state index contributed by atoms with van der Waals surface area (Å²) in [6, 6.07) is 9.36. The number of aromatic nitrogens is 2. The largest absolute Gasteiger partial charge is 0.353 e.